The Morgan fingerprint density at radius 2 is 1.14 bits per heavy atom. The van der Waals surface area contributed by atoms with Crippen molar-refractivity contribution in [2.24, 2.45) is 5.92 Å². The topological polar surface area (TPSA) is 170 Å². The smallest absolute Gasteiger partial charge is 0.407 e. The van der Waals surface area contributed by atoms with Crippen LogP contribution in [0.5, 0.6) is 0 Å². The lowest BCUT2D eigenvalue weighted by molar-refractivity contribution is -0.173. The van der Waals surface area contributed by atoms with Crippen LogP contribution in [0.4, 0.5) is 4.79 Å². The molecular weight excluding hydrogens is 889 g/mol. The summed E-state index contributed by atoms with van der Waals surface area (Å²) >= 11 is 0. The Morgan fingerprint density at radius 3 is 1.67 bits per heavy atom. The molecular formula is C56H60N4O10. The molecule has 0 bridgehead atoms. The molecule has 5 aromatic rings. The summed E-state index contributed by atoms with van der Waals surface area (Å²) in [6.45, 7) is -0.179. The number of nitrogens with one attached hydrogen (secondary N) is 2. The average Bonchev–Trinajstić information content (AvgIpc) is 3.72. The number of alkyl carbamates (subject to hydrolysis) is 1. The number of hydrogen-bond donors (Lipinski definition) is 2. The molecule has 2 aliphatic carbocycles. The number of nitrogens with zero attached hydrogens (tertiary/aromatic N) is 2. The van der Waals surface area contributed by atoms with Crippen molar-refractivity contribution in [1.29, 1.82) is 0 Å². The first-order valence-electron chi connectivity index (χ1n) is 23.7. The van der Waals surface area contributed by atoms with E-state index in [-0.39, 0.29) is 44.6 Å². The number of allylic oxidation sites excluding steroid dienone is 2. The highest BCUT2D eigenvalue weighted by atomic mass is 16.7. The van der Waals surface area contributed by atoms with E-state index in [1.165, 1.54) is 19.1 Å². The molecule has 70 heavy (non-hydrogen) atoms. The molecule has 2 N–H and O–H groups in total. The number of rotatable bonds is 22. The Balaban J connectivity index is 1.19. The van der Waals surface area contributed by atoms with Crippen LogP contribution in [0.3, 0.4) is 0 Å². The van der Waals surface area contributed by atoms with E-state index in [0.717, 1.165) is 57.7 Å². The molecule has 4 unspecified atom stereocenters. The number of amides is 4. The highest BCUT2D eigenvalue weighted by Gasteiger charge is 2.39. The number of ether oxygens (including phenoxy) is 3. The maximum absolute atomic E-state index is 15.4. The summed E-state index contributed by atoms with van der Waals surface area (Å²) in [4.78, 5) is 92.0. The van der Waals surface area contributed by atoms with Gasteiger partial charge < -0.3 is 29.7 Å². The number of carbonyl (C=O) groups is 6. The van der Waals surface area contributed by atoms with Crippen molar-refractivity contribution in [1.82, 2.24) is 20.6 Å². The van der Waals surface area contributed by atoms with E-state index in [1.54, 1.807) is 48.5 Å². The van der Waals surface area contributed by atoms with E-state index in [0.29, 0.717) is 12.0 Å². The number of carbonyl (C=O) groups excluding carboxylic acids is 6. The first kappa shape index (κ1) is 50.3. The van der Waals surface area contributed by atoms with Crippen molar-refractivity contribution in [2.75, 3.05) is 27.3 Å². The third-order valence-corrected chi connectivity index (χ3v) is 12.7. The lowest BCUT2D eigenvalue weighted by atomic mass is 9.92. The molecule has 0 heterocycles. The number of hydrogen-bond acceptors (Lipinski definition) is 10. The van der Waals surface area contributed by atoms with Crippen LogP contribution in [-0.2, 0) is 62.7 Å². The van der Waals surface area contributed by atoms with Crippen molar-refractivity contribution >= 4 is 35.8 Å². The van der Waals surface area contributed by atoms with Gasteiger partial charge in [-0.05, 0) is 70.5 Å². The van der Waals surface area contributed by atoms with E-state index in [4.69, 9.17) is 19.0 Å². The van der Waals surface area contributed by atoms with Gasteiger partial charge in [0, 0.05) is 25.9 Å². The first-order valence-corrected chi connectivity index (χ1v) is 23.7. The highest BCUT2D eigenvalue weighted by molar-refractivity contribution is 5.96. The third kappa shape index (κ3) is 13.8. The predicted octanol–water partition coefficient (Wildman–Crippen LogP) is 7.85. The molecule has 7 rings (SSSR count). The van der Waals surface area contributed by atoms with Crippen molar-refractivity contribution in [3.63, 3.8) is 0 Å². The summed E-state index contributed by atoms with van der Waals surface area (Å²) in [6.07, 6.45) is 5.23. The molecule has 0 aromatic heterocycles. The Labute approximate surface area is 408 Å². The minimum atomic E-state index is -1.56. The van der Waals surface area contributed by atoms with Crippen LogP contribution in [0.2, 0.25) is 0 Å². The van der Waals surface area contributed by atoms with Gasteiger partial charge in [0.15, 0.2) is 0 Å². The predicted molar refractivity (Wildman–Crippen MR) is 262 cm³/mol. The van der Waals surface area contributed by atoms with E-state index in [1.807, 2.05) is 91.0 Å². The number of hydroxylamine groups is 2. The second kappa shape index (κ2) is 25.2. The van der Waals surface area contributed by atoms with Gasteiger partial charge in [0.2, 0.25) is 11.8 Å². The minimum absolute atomic E-state index is 0.0242. The molecule has 0 saturated carbocycles. The van der Waals surface area contributed by atoms with E-state index < -0.39 is 66.7 Å². The molecule has 4 atom stereocenters. The average molecular weight is 949 g/mol. The van der Waals surface area contributed by atoms with Crippen molar-refractivity contribution in [2.45, 2.75) is 82.2 Å². The number of esters is 2. The van der Waals surface area contributed by atoms with Crippen LogP contribution in [0.15, 0.2) is 152 Å². The van der Waals surface area contributed by atoms with Crippen LogP contribution in [0.25, 0.3) is 11.1 Å². The van der Waals surface area contributed by atoms with Crippen LogP contribution in [-0.4, -0.2) is 91.2 Å². The standard InChI is InChI=1S/C56H60N4O10/c1-59(67-2)54(64)48(34-51(61)68-36-41-23-11-5-12-24-41)57-53(63)50(33-40-21-9-4-10-22-40)60(32-31-39-19-7-3-8-20-39)55(65)49(35-52(62)69-37-42-25-13-6-14-26-42)58-56(66)70-38-47-45-29-17-15-27-43(45)44-28-16-18-30-46(44)47/h4-7,9-19,21-30,39,47-50H,3,8,20,31-38H2,1-2H3,(H,57,63)(H,58,66). The lowest BCUT2D eigenvalue weighted by Crippen LogP contribution is -2.59. The van der Waals surface area contributed by atoms with Gasteiger partial charge in [0.05, 0.1) is 20.0 Å². The SMILES string of the molecule is CON(C)C(=O)C(CC(=O)OCc1ccccc1)NC(=O)C(Cc1ccccc1)N(CCC1C=CCCC1)C(=O)C(CC(=O)OCc1ccccc1)NC(=O)OCC1c2ccccc2-c2ccccc21. The normalized spacial score (nSPS) is 15.0. The fourth-order valence-electron chi connectivity index (χ4n) is 8.92. The number of benzene rings is 5. The van der Waals surface area contributed by atoms with Crippen molar-refractivity contribution in [3.8, 4) is 11.1 Å². The van der Waals surface area contributed by atoms with Gasteiger partial charge in [-0.25, -0.2) is 9.86 Å². The lowest BCUT2D eigenvalue weighted by Gasteiger charge is -2.35. The quantitative estimate of drug-likeness (QED) is 0.0302. The van der Waals surface area contributed by atoms with E-state index in [9.17, 15) is 19.2 Å². The minimum Gasteiger partial charge on any atom is -0.461 e. The summed E-state index contributed by atoms with van der Waals surface area (Å²) < 4.78 is 17.1. The molecule has 14 nitrogen and oxygen atoms in total. The fraction of sp³-hybridized carbons (Fsp3) is 0.321. The Hall–Kier alpha value is -7.58. The third-order valence-electron chi connectivity index (χ3n) is 12.7. The molecule has 0 spiro atoms. The van der Waals surface area contributed by atoms with Crippen LogP contribution < -0.4 is 10.6 Å². The van der Waals surface area contributed by atoms with Gasteiger partial charge in [-0.3, -0.25) is 28.8 Å². The maximum Gasteiger partial charge on any atom is 0.407 e. The van der Waals surface area contributed by atoms with Crippen LogP contribution in [0, 0.1) is 5.92 Å². The fourth-order valence-corrected chi connectivity index (χ4v) is 8.92. The molecule has 14 heteroatoms. The summed E-state index contributed by atoms with van der Waals surface area (Å²) in [5, 5.41) is 6.35. The molecule has 5 aromatic carbocycles. The Morgan fingerprint density at radius 1 is 0.629 bits per heavy atom. The summed E-state index contributed by atoms with van der Waals surface area (Å²) in [7, 11) is 2.62. The van der Waals surface area contributed by atoms with Gasteiger partial charge in [0.25, 0.3) is 5.91 Å². The monoisotopic (exact) mass is 948 g/mol. The number of likely N-dealkylation sites (N-methyl/N-ethyl adjacent to an activating group) is 1. The molecule has 0 radical (unpaired) electrons. The summed E-state index contributed by atoms with van der Waals surface area (Å²) in [5.41, 5.74) is 6.18. The second-order valence-electron chi connectivity index (χ2n) is 17.4. The van der Waals surface area contributed by atoms with Crippen molar-refractivity contribution < 1.29 is 47.8 Å². The molecule has 2 aliphatic rings. The molecule has 0 fully saturated rings. The maximum atomic E-state index is 15.4. The van der Waals surface area contributed by atoms with Gasteiger partial charge in [-0.1, -0.05) is 152 Å². The van der Waals surface area contributed by atoms with E-state index >= 15 is 9.59 Å². The Bertz CT molecular complexity index is 2550. The summed E-state index contributed by atoms with van der Waals surface area (Å²) in [6, 6.07) is 38.6. The summed E-state index contributed by atoms with van der Waals surface area (Å²) in [5.74, 6) is -4.01. The van der Waals surface area contributed by atoms with Gasteiger partial charge in [0.1, 0.15) is 37.9 Å². The largest absolute Gasteiger partial charge is 0.461 e. The Kier molecular flexibility index (Phi) is 18.1. The van der Waals surface area contributed by atoms with E-state index in [2.05, 4.69) is 22.8 Å². The highest BCUT2D eigenvalue weighted by Crippen LogP contribution is 2.44. The van der Waals surface area contributed by atoms with Gasteiger partial charge in [-0.2, -0.15) is 0 Å². The van der Waals surface area contributed by atoms with Crippen LogP contribution in [0.1, 0.15) is 72.3 Å². The van der Waals surface area contributed by atoms with Gasteiger partial charge in [-0.15, -0.1) is 0 Å². The first-order chi connectivity index (χ1) is 34.1. The second-order valence-corrected chi connectivity index (χ2v) is 17.4. The molecule has 364 valence electrons. The molecule has 0 saturated heterocycles. The molecule has 4 amide bonds. The molecule has 0 aliphatic heterocycles. The zero-order chi connectivity index (χ0) is 49.2. The number of fused-ring (bicyclic) bond motifs is 3. The van der Waals surface area contributed by atoms with Crippen molar-refractivity contribution in [3.05, 3.63) is 179 Å². The zero-order valence-corrected chi connectivity index (χ0v) is 39.6. The zero-order valence-electron chi connectivity index (χ0n) is 39.6. The van der Waals surface area contributed by atoms with Gasteiger partial charge >= 0.3 is 18.0 Å². The van der Waals surface area contributed by atoms with Crippen LogP contribution >= 0.6 is 0 Å².